The average Bonchev–Trinajstić information content (AvgIpc) is 2.62. The first-order chi connectivity index (χ1) is 14.2. The molecule has 0 spiro atoms. The van der Waals surface area contributed by atoms with Crippen LogP contribution in [0.3, 0.4) is 0 Å². The van der Waals surface area contributed by atoms with Crippen LogP contribution in [0.1, 0.15) is 22.3 Å². The van der Waals surface area contributed by atoms with Crippen LogP contribution in [0.5, 0.6) is 0 Å². The molecule has 13 heteroatoms. The number of anilines is 1. The van der Waals surface area contributed by atoms with E-state index in [2.05, 4.69) is 37.2 Å². The minimum atomic E-state index is -4.56. The molecule has 0 aromatic heterocycles. The number of urea groups is 1. The molecule has 2 aromatic carbocycles. The molecule has 0 heterocycles. The summed E-state index contributed by atoms with van der Waals surface area (Å²) in [4.78, 5) is 23.9. The maximum atomic E-state index is 13.6. The van der Waals surface area contributed by atoms with Gasteiger partial charge in [-0.3, -0.25) is 10.1 Å². The Labute approximate surface area is 199 Å². The van der Waals surface area contributed by atoms with Crippen molar-refractivity contribution in [2.45, 2.75) is 22.3 Å². The zero-order valence-electron chi connectivity index (χ0n) is 15.0. The number of hydrogen-bond donors (Lipinski definition) is 2. The van der Waals surface area contributed by atoms with E-state index in [0.29, 0.717) is 0 Å². The molecule has 3 amide bonds. The third kappa shape index (κ3) is 6.53. The van der Waals surface area contributed by atoms with Gasteiger partial charge in [-0.1, -0.05) is 61.1 Å². The third-order valence-corrected chi connectivity index (χ3v) is 6.28. The Hall–Kier alpha value is -1.43. The lowest BCUT2D eigenvalue weighted by molar-refractivity contribution is -0.134. The van der Waals surface area contributed by atoms with Gasteiger partial charge in [-0.2, -0.15) is 13.2 Å². The van der Waals surface area contributed by atoms with Gasteiger partial charge in [-0.25, -0.2) is 13.6 Å². The molecule has 31 heavy (non-hydrogen) atoms. The number of carbonyl (C=O) groups is 2. The molecule has 4 nitrogen and oxygen atoms in total. The summed E-state index contributed by atoms with van der Waals surface area (Å²) in [5.74, 6) is -3.65. The van der Waals surface area contributed by atoms with Crippen LogP contribution in [0.15, 0.2) is 30.3 Å². The second-order valence-electron chi connectivity index (χ2n) is 6.13. The molecule has 0 unspecified atom stereocenters. The summed E-state index contributed by atoms with van der Waals surface area (Å²) >= 11 is 17.2. The van der Waals surface area contributed by atoms with Crippen LogP contribution in [0, 0.1) is 11.6 Å². The number of imide groups is 1. The van der Waals surface area contributed by atoms with E-state index in [0.717, 1.165) is 18.2 Å². The summed E-state index contributed by atoms with van der Waals surface area (Å²) in [6, 6.07) is 4.01. The number of benzene rings is 2. The SMILES string of the molecule is O=C(NC(=O)c1c(F)cccc1F)Nc1cc(Cl)c(CCC(Br)(Br)C(F)(F)F)cc1Cl. The number of halogens is 9. The van der Waals surface area contributed by atoms with Gasteiger partial charge in [0.15, 0.2) is 3.23 Å². The van der Waals surface area contributed by atoms with E-state index in [-0.39, 0.29) is 27.7 Å². The van der Waals surface area contributed by atoms with Gasteiger partial charge in [0.05, 0.1) is 10.7 Å². The summed E-state index contributed by atoms with van der Waals surface area (Å²) < 4.78 is 63.7. The monoisotopic (exact) mass is 610 g/mol. The van der Waals surface area contributed by atoms with Gasteiger partial charge in [0.2, 0.25) is 0 Å². The fourth-order valence-corrected chi connectivity index (χ4v) is 3.23. The van der Waals surface area contributed by atoms with Crippen molar-refractivity contribution in [1.29, 1.82) is 0 Å². The number of aryl methyl sites for hydroxylation is 1. The lowest BCUT2D eigenvalue weighted by Crippen LogP contribution is -2.35. The van der Waals surface area contributed by atoms with E-state index in [1.54, 1.807) is 5.32 Å². The molecule has 0 saturated heterocycles. The molecule has 2 rings (SSSR count). The topological polar surface area (TPSA) is 58.2 Å². The third-order valence-electron chi connectivity index (χ3n) is 3.92. The largest absolute Gasteiger partial charge is 0.413 e. The molecule has 0 saturated carbocycles. The zero-order chi connectivity index (χ0) is 23.6. The van der Waals surface area contributed by atoms with Crippen molar-refractivity contribution in [2.75, 3.05) is 5.32 Å². The highest BCUT2D eigenvalue weighted by Crippen LogP contribution is 2.46. The quantitative estimate of drug-likeness (QED) is 0.277. The fraction of sp³-hybridized carbons (Fsp3) is 0.222. The molecule has 2 N–H and O–H groups in total. The highest BCUT2D eigenvalue weighted by atomic mass is 79.9. The van der Waals surface area contributed by atoms with Crippen molar-refractivity contribution in [3.63, 3.8) is 0 Å². The van der Waals surface area contributed by atoms with E-state index in [1.165, 1.54) is 12.1 Å². The van der Waals surface area contributed by atoms with Gasteiger partial charge in [0.25, 0.3) is 5.91 Å². The van der Waals surface area contributed by atoms with Crippen molar-refractivity contribution < 1.29 is 31.5 Å². The van der Waals surface area contributed by atoms with Crippen LogP contribution >= 0.6 is 55.1 Å². The smallest absolute Gasteiger partial charge is 0.306 e. The van der Waals surface area contributed by atoms with Gasteiger partial charge in [-0.15, -0.1) is 0 Å². The lowest BCUT2D eigenvalue weighted by atomic mass is 10.1. The number of nitrogens with one attached hydrogen (secondary N) is 2. The Balaban J connectivity index is 2.10. The first-order valence-electron chi connectivity index (χ1n) is 8.21. The first-order valence-corrected chi connectivity index (χ1v) is 10.6. The Morgan fingerprint density at radius 3 is 2.13 bits per heavy atom. The summed E-state index contributed by atoms with van der Waals surface area (Å²) in [7, 11) is 0. The Morgan fingerprint density at radius 1 is 1.00 bits per heavy atom. The van der Waals surface area contributed by atoms with Crippen molar-refractivity contribution in [3.8, 4) is 0 Å². The van der Waals surface area contributed by atoms with Gasteiger partial charge in [0.1, 0.15) is 17.2 Å². The lowest BCUT2D eigenvalue weighted by Gasteiger charge is -2.24. The van der Waals surface area contributed by atoms with Crippen molar-refractivity contribution in [2.24, 2.45) is 0 Å². The predicted octanol–water partition coefficient (Wildman–Crippen LogP) is 7.21. The van der Waals surface area contributed by atoms with E-state index in [4.69, 9.17) is 23.2 Å². The second kappa shape index (κ2) is 10.0. The van der Waals surface area contributed by atoms with E-state index < -0.39 is 45.0 Å². The summed E-state index contributed by atoms with van der Waals surface area (Å²) in [6.45, 7) is 0. The van der Waals surface area contributed by atoms with Crippen molar-refractivity contribution in [1.82, 2.24) is 5.32 Å². The highest BCUT2D eigenvalue weighted by Gasteiger charge is 2.50. The van der Waals surface area contributed by atoms with Crippen LogP contribution in [0.2, 0.25) is 10.0 Å². The normalized spacial score (nSPS) is 11.9. The molecule has 0 aliphatic heterocycles. The number of rotatable bonds is 5. The van der Waals surface area contributed by atoms with Crippen LogP contribution in [0.4, 0.5) is 32.4 Å². The van der Waals surface area contributed by atoms with E-state index in [9.17, 15) is 31.5 Å². The molecular weight excluding hydrogens is 602 g/mol. The minimum Gasteiger partial charge on any atom is -0.306 e. The fourth-order valence-electron chi connectivity index (χ4n) is 2.34. The van der Waals surface area contributed by atoms with Crippen LogP contribution < -0.4 is 10.6 Å². The molecule has 0 fully saturated rings. The molecule has 0 aliphatic carbocycles. The van der Waals surface area contributed by atoms with Gasteiger partial charge in [-0.05, 0) is 42.7 Å². The van der Waals surface area contributed by atoms with Crippen LogP contribution in [-0.2, 0) is 6.42 Å². The summed E-state index contributed by atoms with van der Waals surface area (Å²) in [5.41, 5.74) is -0.751. The maximum absolute atomic E-state index is 13.6. The molecule has 0 radical (unpaired) electrons. The molecule has 0 aliphatic rings. The van der Waals surface area contributed by atoms with Gasteiger partial charge >= 0.3 is 12.2 Å². The number of hydrogen-bond acceptors (Lipinski definition) is 2. The van der Waals surface area contributed by atoms with Crippen LogP contribution in [-0.4, -0.2) is 21.3 Å². The van der Waals surface area contributed by atoms with E-state index in [1.807, 2.05) is 0 Å². The molecule has 0 bridgehead atoms. The molecule has 168 valence electrons. The summed E-state index contributed by atoms with van der Waals surface area (Å²) in [5, 5.41) is 3.85. The number of carbonyl (C=O) groups excluding carboxylic acids is 2. The molecular formula is C18H11Br2Cl2F5N2O2. The Kier molecular flexibility index (Phi) is 8.34. The standard InChI is InChI=1S/C18H11Br2Cl2F5N2O2/c19-17(20,18(25,26)27)5-4-8-6-10(22)13(7-9(8)21)28-16(31)29-15(30)14-11(23)2-1-3-12(14)24/h1-3,6-7H,4-5H2,(H2,28,29,30,31). The average molecular weight is 613 g/mol. The number of amides is 3. The van der Waals surface area contributed by atoms with Crippen molar-refractivity contribution >= 4 is 72.7 Å². The highest BCUT2D eigenvalue weighted by molar-refractivity contribution is 9.25. The van der Waals surface area contributed by atoms with Gasteiger partial charge < -0.3 is 5.32 Å². The Morgan fingerprint density at radius 2 is 1.58 bits per heavy atom. The minimum absolute atomic E-state index is 0.00384. The summed E-state index contributed by atoms with van der Waals surface area (Å²) in [6.07, 6.45) is -5.10. The molecule has 0 atom stereocenters. The zero-order valence-corrected chi connectivity index (χ0v) is 19.7. The molecule has 2 aromatic rings. The first kappa shape index (κ1) is 25.8. The van der Waals surface area contributed by atoms with Crippen molar-refractivity contribution in [3.05, 3.63) is 63.1 Å². The predicted molar refractivity (Wildman–Crippen MR) is 114 cm³/mol. The Bertz CT molecular complexity index is 999. The van der Waals surface area contributed by atoms with Gasteiger partial charge in [0, 0.05) is 5.02 Å². The van der Waals surface area contributed by atoms with Crippen LogP contribution in [0.25, 0.3) is 0 Å². The number of alkyl halides is 5. The maximum Gasteiger partial charge on any atom is 0.413 e. The second-order valence-corrected chi connectivity index (χ2v) is 10.7. The van der Waals surface area contributed by atoms with E-state index >= 15 is 0 Å².